The van der Waals surface area contributed by atoms with Crippen LogP contribution in [-0.4, -0.2) is 0 Å². The van der Waals surface area contributed by atoms with Gasteiger partial charge < -0.3 is 0 Å². The van der Waals surface area contributed by atoms with Gasteiger partial charge >= 0.3 is 0 Å². The lowest BCUT2D eigenvalue weighted by molar-refractivity contribution is -0.693. The van der Waals surface area contributed by atoms with Gasteiger partial charge in [0.2, 0.25) is 0 Å². The van der Waals surface area contributed by atoms with Crippen molar-refractivity contribution in [2.24, 2.45) is 0 Å². The number of hydrogen-bond donors (Lipinski definition) is 0. The van der Waals surface area contributed by atoms with Crippen molar-refractivity contribution in [3.63, 3.8) is 0 Å². The summed E-state index contributed by atoms with van der Waals surface area (Å²) in [4.78, 5) is 0. The Labute approximate surface area is 130 Å². The van der Waals surface area contributed by atoms with Gasteiger partial charge in [-0.05, 0) is 30.2 Å². The smallest absolute Gasteiger partial charge is 0.169 e. The molecule has 0 aliphatic heterocycles. The van der Waals surface area contributed by atoms with Crippen molar-refractivity contribution < 1.29 is 4.57 Å². The summed E-state index contributed by atoms with van der Waals surface area (Å²) < 4.78 is 2.14. The minimum Gasteiger partial charge on any atom is -0.205 e. The number of halogens is 2. The largest absolute Gasteiger partial charge is 0.205 e. The van der Waals surface area contributed by atoms with Crippen molar-refractivity contribution in [3.05, 3.63) is 64.9 Å². The molecule has 2 aromatic rings. The van der Waals surface area contributed by atoms with Crippen LogP contribution < -0.4 is 4.57 Å². The highest BCUT2D eigenvalue weighted by Gasteiger charge is 1.94. The first kappa shape index (κ1) is 15.2. The SMILES string of the molecule is CC[n+]1ccc(C=Cc2ccc(Cl)cc2)cc1.I. The molecule has 0 amide bonds. The number of rotatable bonds is 3. The molecule has 0 radical (unpaired) electrons. The number of aromatic nitrogens is 1. The molecular formula is C15H16ClIN+. The zero-order valence-corrected chi connectivity index (χ0v) is 13.3. The van der Waals surface area contributed by atoms with Crippen LogP contribution >= 0.6 is 35.6 Å². The van der Waals surface area contributed by atoms with Crippen LogP contribution in [0, 0.1) is 0 Å². The molecule has 0 fully saturated rings. The van der Waals surface area contributed by atoms with Crippen LogP contribution in [0.5, 0.6) is 0 Å². The van der Waals surface area contributed by atoms with Crippen molar-refractivity contribution in [2.45, 2.75) is 13.5 Å². The summed E-state index contributed by atoms with van der Waals surface area (Å²) in [6, 6.07) is 12.0. The minimum atomic E-state index is 0. The van der Waals surface area contributed by atoms with E-state index in [1.807, 2.05) is 24.3 Å². The highest BCUT2D eigenvalue weighted by molar-refractivity contribution is 14.0. The third-order valence-corrected chi connectivity index (χ3v) is 2.87. The maximum atomic E-state index is 5.84. The van der Waals surface area contributed by atoms with Gasteiger partial charge in [-0.2, -0.15) is 0 Å². The third-order valence-electron chi connectivity index (χ3n) is 2.62. The molecular weight excluding hydrogens is 357 g/mol. The van der Waals surface area contributed by atoms with Gasteiger partial charge in [-0.25, -0.2) is 4.57 Å². The Hall–Kier alpha value is -0.870. The van der Waals surface area contributed by atoms with Gasteiger partial charge in [-0.3, -0.25) is 0 Å². The topological polar surface area (TPSA) is 3.88 Å². The summed E-state index contributed by atoms with van der Waals surface area (Å²) >= 11 is 5.84. The second-order valence-electron chi connectivity index (χ2n) is 3.85. The van der Waals surface area contributed by atoms with E-state index >= 15 is 0 Å². The molecule has 2 rings (SSSR count). The van der Waals surface area contributed by atoms with Crippen molar-refractivity contribution in [1.29, 1.82) is 0 Å². The normalized spacial score (nSPS) is 10.3. The van der Waals surface area contributed by atoms with Gasteiger partial charge in [-0.15, -0.1) is 24.0 Å². The molecule has 0 saturated heterocycles. The number of pyridine rings is 1. The summed E-state index contributed by atoms with van der Waals surface area (Å²) in [5.74, 6) is 0. The second-order valence-corrected chi connectivity index (χ2v) is 4.28. The summed E-state index contributed by atoms with van der Waals surface area (Å²) in [7, 11) is 0. The molecule has 0 aliphatic rings. The van der Waals surface area contributed by atoms with Crippen LogP contribution in [0.15, 0.2) is 48.8 Å². The van der Waals surface area contributed by atoms with Crippen molar-refractivity contribution in [3.8, 4) is 0 Å². The average molecular weight is 373 g/mol. The summed E-state index contributed by atoms with van der Waals surface area (Å²) in [6.07, 6.45) is 8.36. The Balaban J connectivity index is 0.00000162. The van der Waals surface area contributed by atoms with Gasteiger partial charge in [-0.1, -0.05) is 35.9 Å². The van der Waals surface area contributed by atoms with E-state index in [0.29, 0.717) is 0 Å². The molecule has 94 valence electrons. The molecule has 0 N–H and O–H groups in total. The quantitative estimate of drug-likeness (QED) is 0.554. The van der Waals surface area contributed by atoms with Crippen molar-refractivity contribution in [1.82, 2.24) is 0 Å². The maximum absolute atomic E-state index is 5.84. The van der Waals surface area contributed by atoms with E-state index in [0.717, 1.165) is 17.1 Å². The molecule has 0 atom stereocenters. The molecule has 1 nitrogen and oxygen atoms in total. The zero-order valence-electron chi connectivity index (χ0n) is 10.2. The van der Waals surface area contributed by atoms with Crippen LogP contribution in [0.25, 0.3) is 12.2 Å². The molecule has 3 heteroatoms. The molecule has 0 saturated carbocycles. The van der Waals surface area contributed by atoms with Gasteiger partial charge in [0.1, 0.15) is 6.54 Å². The van der Waals surface area contributed by atoms with Crippen molar-refractivity contribution in [2.75, 3.05) is 0 Å². The van der Waals surface area contributed by atoms with Gasteiger partial charge in [0.15, 0.2) is 12.4 Å². The van der Waals surface area contributed by atoms with E-state index in [2.05, 4.69) is 48.2 Å². The number of aryl methyl sites for hydroxylation is 1. The Morgan fingerprint density at radius 2 is 1.44 bits per heavy atom. The van der Waals surface area contributed by atoms with Crippen LogP contribution in [0.1, 0.15) is 18.1 Å². The highest BCUT2D eigenvalue weighted by atomic mass is 127. The first-order valence-corrected chi connectivity index (χ1v) is 6.08. The van der Waals surface area contributed by atoms with Gasteiger partial charge in [0.25, 0.3) is 0 Å². The fourth-order valence-corrected chi connectivity index (χ4v) is 1.68. The number of hydrogen-bond acceptors (Lipinski definition) is 0. The maximum Gasteiger partial charge on any atom is 0.169 e. The predicted octanol–water partition coefficient (Wildman–Crippen LogP) is 4.44. The van der Waals surface area contributed by atoms with Gasteiger partial charge in [0, 0.05) is 17.2 Å². The van der Waals surface area contributed by atoms with E-state index in [-0.39, 0.29) is 24.0 Å². The van der Waals surface area contributed by atoms with E-state index in [4.69, 9.17) is 11.6 Å². The Bertz CT molecular complexity index is 503. The summed E-state index contributed by atoms with van der Waals surface area (Å²) in [6.45, 7) is 3.13. The lowest BCUT2D eigenvalue weighted by atomic mass is 10.1. The Morgan fingerprint density at radius 3 is 1.94 bits per heavy atom. The fourth-order valence-electron chi connectivity index (χ4n) is 1.56. The summed E-state index contributed by atoms with van der Waals surface area (Å²) in [5.41, 5.74) is 2.35. The second kappa shape index (κ2) is 7.54. The Morgan fingerprint density at radius 1 is 0.944 bits per heavy atom. The van der Waals surface area contributed by atoms with E-state index < -0.39 is 0 Å². The average Bonchev–Trinajstić information content (AvgIpc) is 2.39. The standard InChI is InChI=1S/C15H15ClN.HI/c1-2-17-11-9-14(10-12-17)4-3-13-5-7-15(16)8-6-13;/h3-12H,2H2,1H3;1H/q+1;. The molecule has 0 spiro atoms. The molecule has 1 aromatic heterocycles. The minimum absolute atomic E-state index is 0. The third kappa shape index (κ3) is 4.42. The number of benzene rings is 1. The summed E-state index contributed by atoms with van der Waals surface area (Å²) in [5, 5.41) is 0.769. The molecule has 0 aliphatic carbocycles. The lowest BCUT2D eigenvalue weighted by Gasteiger charge is -1.95. The molecule has 1 heterocycles. The van der Waals surface area contributed by atoms with E-state index in [9.17, 15) is 0 Å². The van der Waals surface area contributed by atoms with E-state index in [1.165, 1.54) is 5.56 Å². The Kier molecular flexibility index (Phi) is 6.36. The van der Waals surface area contributed by atoms with Crippen LogP contribution in [-0.2, 0) is 6.54 Å². The molecule has 0 unspecified atom stereocenters. The van der Waals surface area contributed by atoms with E-state index in [1.54, 1.807) is 0 Å². The van der Waals surface area contributed by atoms with Crippen LogP contribution in [0.4, 0.5) is 0 Å². The first-order valence-electron chi connectivity index (χ1n) is 5.70. The van der Waals surface area contributed by atoms with Crippen LogP contribution in [0.3, 0.4) is 0 Å². The predicted molar refractivity (Wildman–Crippen MR) is 88.1 cm³/mol. The van der Waals surface area contributed by atoms with Crippen molar-refractivity contribution >= 4 is 47.7 Å². The number of nitrogens with zero attached hydrogens (tertiary/aromatic N) is 1. The highest BCUT2D eigenvalue weighted by Crippen LogP contribution is 2.12. The molecule has 1 aromatic carbocycles. The zero-order chi connectivity index (χ0) is 12.1. The fraction of sp³-hybridized carbons (Fsp3) is 0.133. The molecule has 0 bridgehead atoms. The van der Waals surface area contributed by atoms with Crippen LogP contribution in [0.2, 0.25) is 5.02 Å². The monoisotopic (exact) mass is 372 g/mol. The molecule has 18 heavy (non-hydrogen) atoms. The van der Waals surface area contributed by atoms with Gasteiger partial charge in [0.05, 0.1) is 0 Å². The lowest BCUT2D eigenvalue weighted by Crippen LogP contribution is -2.30. The first-order chi connectivity index (χ1) is 8.28.